The van der Waals surface area contributed by atoms with Crippen molar-refractivity contribution in [1.82, 2.24) is 10.6 Å². The van der Waals surface area contributed by atoms with Gasteiger partial charge in [0, 0.05) is 0 Å². The van der Waals surface area contributed by atoms with Gasteiger partial charge in [-0.2, -0.15) is 0 Å². The van der Waals surface area contributed by atoms with Gasteiger partial charge >= 0.3 is 121 Å². The molecule has 0 aliphatic heterocycles. The minimum atomic E-state index is -0.597. The summed E-state index contributed by atoms with van der Waals surface area (Å²) >= 11 is -1.19. The van der Waals surface area contributed by atoms with Gasteiger partial charge in [0.25, 0.3) is 0 Å². The molecule has 0 radical (unpaired) electrons. The van der Waals surface area contributed by atoms with Crippen LogP contribution in [0.2, 0.25) is 33.3 Å². The molecule has 0 bridgehead atoms. The first-order chi connectivity index (χ1) is 8.43. The number of carbonyl (C=O) groups excluding carboxylic acids is 2. The maximum atomic E-state index is 11.4. The van der Waals surface area contributed by atoms with E-state index in [1.54, 1.807) is 0 Å². The van der Waals surface area contributed by atoms with Crippen molar-refractivity contribution < 1.29 is 9.59 Å². The molecule has 0 heterocycles. The molecule has 18 heavy (non-hydrogen) atoms. The van der Waals surface area contributed by atoms with Crippen LogP contribution in [-0.2, 0) is 9.59 Å². The molecule has 2 amide bonds. The molecule has 0 fully saturated rings. The SMILES string of the molecule is C[As](C)CCCNC(=O)C(=O)NCCC[As](C)C. The first-order valence-corrected chi connectivity index (χ1v) is 16.4. The number of rotatable bonds is 8. The molecular weight excluding hydrogens is 354 g/mol. The van der Waals surface area contributed by atoms with E-state index in [1.165, 1.54) is 10.4 Å². The van der Waals surface area contributed by atoms with Gasteiger partial charge in [-0.3, -0.25) is 0 Å². The fraction of sp³-hybridized carbons (Fsp3) is 0.833. The van der Waals surface area contributed by atoms with E-state index >= 15 is 0 Å². The van der Waals surface area contributed by atoms with Crippen molar-refractivity contribution in [2.45, 2.75) is 46.1 Å². The zero-order valence-corrected chi connectivity index (χ0v) is 15.7. The Morgan fingerprint density at radius 2 is 1.11 bits per heavy atom. The van der Waals surface area contributed by atoms with E-state index in [-0.39, 0.29) is 0 Å². The van der Waals surface area contributed by atoms with E-state index in [9.17, 15) is 9.59 Å². The van der Waals surface area contributed by atoms with Gasteiger partial charge in [-0.25, -0.2) is 0 Å². The molecule has 0 aromatic rings. The van der Waals surface area contributed by atoms with Gasteiger partial charge in [-0.15, -0.1) is 0 Å². The van der Waals surface area contributed by atoms with Crippen molar-refractivity contribution in [3.8, 4) is 0 Å². The molecule has 2 N–H and O–H groups in total. The van der Waals surface area contributed by atoms with Gasteiger partial charge in [0.1, 0.15) is 0 Å². The topological polar surface area (TPSA) is 58.2 Å². The predicted octanol–water partition coefficient (Wildman–Crippen LogP) is 1.51. The average Bonchev–Trinajstić information content (AvgIpc) is 2.29. The van der Waals surface area contributed by atoms with Crippen LogP contribution in [0.5, 0.6) is 0 Å². The number of nitrogens with one attached hydrogen (secondary N) is 2. The van der Waals surface area contributed by atoms with Crippen LogP contribution in [0.25, 0.3) is 0 Å². The molecule has 4 nitrogen and oxygen atoms in total. The molecule has 0 saturated carbocycles. The molecule has 0 atom stereocenters. The molecule has 106 valence electrons. The second kappa shape index (κ2) is 10.9. The number of hydrogen-bond donors (Lipinski definition) is 2. The second-order valence-corrected chi connectivity index (χ2v) is 15.8. The summed E-state index contributed by atoms with van der Waals surface area (Å²) in [5.74, 6) is -0.965. The summed E-state index contributed by atoms with van der Waals surface area (Å²) in [6.07, 6.45) is 1.98. The Morgan fingerprint density at radius 1 is 0.778 bits per heavy atom. The van der Waals surface area contributed by atoms with E-state index < -0.39 is 41.1 Å². The maximum absolute atomic E-state index is 11.4. The quantitative estimate of drug-likeness (QED) is 0.381. The van der Waals surface area contributed by atoms with Crippen LogP contribution in [0.3, 0.4) is 0 Å². The van der Waals surface area contributed by atoms with Gasteiger partial charge in [0.15, 0.2) is 0 Å². The summed E-state index contributed by atoms with van der Waals surface area (Å²) in [5, 5.41) is 7.77. The first-order valence-electron chi connectivity index (χ1n) is 6.29. The van der Waals surface area contributed by atoms with Gasteiger partial charge in [0.2, 0.25) is 0 Å². The fourth-order valence-corrected chi connectivity index (χ4v) is 4.67. The van der Waals surface area contributed by atoms with Gasteiger partial charge < -0.3 is 0 Å². The van der Waals surface area contributed by atoms with Crippen LogP contribution in [-0.4, -0.2) is 54.2 Å². The molecule has 0 spiro atoms. The predicted molar refractivity (Wildman–Crippen MR) is 79.8 cm³/mol. The molecule has 0 aliphatic carbocycles. The fourth-order valence-electron chi connectivity index (χ4n) is 1.35. The van der Waals surface area contributed by atoms with E-state index in [2.05, 4.69) is 33.5 Å². The third-order valence-electron chi connectivity index (χ3n) is 2.34. The summed E-state index contributed by atoms with van der Waals surface area (Å²) in [6, 6.07) is 0. The Morgan fingerprint density at radius 3 is 1.39 bits per heavy atom. The van der Waals surface area contributed by atoms with Crippen molar-refractivity contribution >= 4 is 41.1 Å². The second-order valence-electron chi connectivity index (χ2n) is 4.83. The molecule has 0 aromatic heterocycles. The minimum absolute atomic E-state index is 0.483. The van der Waals surface area contributed by atoms with E-state index in [0.717, 1.165) is 12.8 Å². The monoisotopic (exact) mass is 380 g/mol. The molecule has 0 rings (SSSR count). The average molecular weight is 380 g/mol. The Balaban J connectivity index is 3.55. The third kappa shape index (κ3) is 11.2. The van der Waals surface area contributed by atoms with Crippen LogP contribution < -0.4 is 10.6 Å². The Bertz CT molecular complexity index is 232. The van der Waals surface area contributed by atoms with Crippen molar-refractivity contribution in [2.75, 3.05) is 13.1 Å². The summed E-state index contributed by atoms with van der Waals surface area (Å²) in [7, 11) is 0. The van der Waals surface area contributed by atoms with Gasteiger partial charge in [-0.05, 0) is 0 Å². The first kappa shape index (κ1) is 18.1. The zero-order chi connectivity index (χ0) is 14.0. The zero-order valence-electron chi connectivity index (χ0n) is 12.0. The number of carbonyl (C=O) groups is 2. The van der Waals surface area contributed by atoms with Crippen molar-refractivity contribution in [3.05, 3.63) is 0 Å². The molecule has 0 unspecified atom stereocenters. The summed E-state index contributed by atoms with van der Waals surface area (Å²) < 4.78 is 0. The van der Waals surface area contributed by atoms with Gasteiger partial charge in [0.05, 0.1) is 0 Å². The normalized spacial score (nSPS) is 10.8. The van der Waals surface area contributed by atoms with Crippen LogP contribution in [0.15, 0.2) is 0 Å². The van der Waals surface area contributed by atoms with Crippen molar-refractivity contribution in [2.24, 2.45) is 0 Å². The van der Waals surface area contributed by atoms with E-state index in [1.807, 2.05) is 0 Å². The molecular formula is C12H26As2N2O2. The summed E-state index contributed by atoms with van der Waals surface area (Å²) in [4.78, 5) is 22.8. The van der Waals surface area contributed by atoms with E-state index in [0.29, 0.717) is 13.1 Å². The Kier molecular flexibility index (Phi) is 11.0. The number of amides is 2. The van der Waals surface area contributed by atoms with Crippen LogP contribution in [0.4, 0.5) is 0 Å². The van der Waals surface area contributed by atoms with Crippen molar-refractivity contribution in [3.63, 3.8) is 0 Å². The van der Waals surface area contributed by atoms with Crippen LogP contribution in [0, 0.1) is 0 Å². The molecule has 0 saturated heterocycles. The molecule has 6 heteroatoms. The van der Waals surface area contributed by atoms with Crippen molar-refractivity contribution in [1.29, 1.82) is 0 Å². The summed E-state index contributed by atoms with van der Waals surface area (Å²) in [5.41, 5.74) is 9.17. The van der Waals surface area contributed by atoms with Crippen LogP contribution in [0.1, 0.15) is 12.8 Å². The molecule has 0 aliphatic rings. The third-order valence-corrected chi connectivity index (χ3v) is 7.42. The van der Waals surface area contributed by atoms with Crippen LogP contribution >= 0.6 is 0 Å². The van der Waals surface area contributed by atoms with Gasteiger partial charge in [-0.1, -0.05) is 0 Å². The standard InChI is InChI=1S/C12H26As2N2O2/c1-13(2)7-5-9-15-11(17)12(18)16-10-6-8-14(3)4/h5-10H2,1-4H3,(H,15,17)(H,16,18). The summed E-state index contributed by atoms with van der Waals surface area (Å²) in [6.45, 7) is 1.25. The Labute approximate surface area is 120 Å². The number of hydrogen-bond acceptors (Lipinski definition) is 2. The Hall–Kier alpha value is 0.0569. The molecule has 0 aromatic carbocycles. The van der Waals surface area contributed by atoms with E-state index in [4.69, 9.17) is 0 Å².